The highest BCUT2D eigenvalue weighted by Crippen LogP contribution is 2.26. The van der Waals surface area contributed by atoms with E-state index in [1.807, 2.05) is 17.5 Å². The molecule has 0 unspecified atom stereocenters. The van der Waals surface area contributed by atoms with E-state index < -0.39 is 23.6 Å². The smallest absolute Gasteiger partial charge is 0.244 e. The van der Waals surface area contributed by atoms with E-state index in [1.165, 1.54) is 29.5 Å². The molecule has 2 aromatic carbocycles. The molecule has 2 nitrogen and oxygen atoms in total. The Balaban J connectivity index is 1.82. The van der Waals surface area contributed by atoms with Crippen molar-refractivity contribution in [2.75, 3.05) is 0 Å². The van der Waals surface area contributed by atoms with E-state index in [9.17, 15) is 18.0 Å². The molecule has 3 rings (SSSR count). The van der Waals surface area contributed by atoms with Crippen LogP contribution in [0.15, 0.2) is 66.1 Å². The van der Waals surface area contributed by atoms with E-state index in [0.717, 1.165) is 29.2 Å². The lowest BCUT2D eigenvalue weighted by atomic mass is 10.1. The molecule has 0 saturated carbocycles. The molecule has 1 aromatic heterocycles. The van der Waals surface area contributed by atoms with Crippen molar-refractivity contribution in [1.29, 1.82) is 0 Å². The lowest BCUT2D eigenvalue weighted by Gasteiger charge is -2.17. The number of halogens is 3. The third-order valence-electron chi connectivity index (χ3n) is 3.72. The van der Waals surface area contributed by atoms with Crippen LogP contribution in [0.5, 0.6) is 0 Å². The molecule has 0 aliphatic heterocycles. The van der Waals surface area contributed by atoms with Crippen molar-refractivity contribution in [2.45, 2.75) is 6.04 Å². The lowest BCUT2D eigenvalue weighted by molar-refractivity contribution is -0.116. The van der Waals surface area contributed by atoms with Crippen LogP contribution in [0.25, 0.3) is 6.08 Å². The normalized spacial score (nSPS) is 12.3. The number of benzene rings is 2. The van der Waals surface area contributed by atoms with Crippen molar-refractivity contribution in [3.05, 3.63) is 99.5 Å². The highest BCUT2D eigenvalue weighted by atomic mass is 32.1. The van der Waals surface area contributed by atoms with Gasteiger partial charge in [-0.3, -0.25) is 4.79 Å². The molecule has 0 saturated heterocycles. The van der Waals surface area contributed by atoms with Gasteiger partial charge in [-0.2, -0.15) is 0 Å². The van der Waals surface area contributed by atoms with Gasteiger partial charge in [-0.1, -0.05) is 24.3 Å². The van der Waals surface area contributed by atoms with Gasteiger partial charge in [0, 0.05) is 16.5 Å². The van der Waals surface area contributed by atoms with Crippen LogP contribution >= 0.6 is 11.3 Å². The van der Waals surface area contributed by atoms with Gasteiger partial charge in [0.05, 0.1) is 6.04 Å². The Hall–Kier alpha value is -2.86. The largest absolute Gasteiger partial charge is 0.341 e. The summed E-state index contributed by atoms with van der Waals surface area (Å²) in [5, 5.41) is 4.65. The van der Waals surface area contributed by atoms with Gasteiger partial charge in [0.2, 0.25) is 5.91 Å². The average Bonchev–Trinajstić information content (AvgIpc) is 3.14. The number of carbonyl (C=O) groups is 1. The zero-order valence-corrected chi connectivity index (χ0v) is 14.3. The fourth-order valence-corrected chi connectivity index (χ4v) is 3.25. The zero-order chi connectivity index (χ0) is 18.5. The second-order valence-electron chi connectivity index (χ2n) is 5.48. The maximum atomic E-state index is 13.6. The predicted octanol–water partition coefficient (Wildman–Crippen LogP) is 5.08. The van der Waals surface area contributed by atoms with Gasteiger partial charge in [0.1, 0.15) is 17.5 Å². The molecule has 0 spiro atoms. The van der Waals surface area contributed by atoms with Crippen LogP contribution in [0.2, 0.25) is 0 Å². The Morgan fingerprint density at radius 3 is 2.27 bits per heavy atom. The van der Waals surface area contributed by atoms with E-state index in [1.54, 1.807) is 12.1 Å². The fourth-order valence-electron chi connectivity index (χ4n) is 2.45. The number of carbonyl (C=O) groups excluding carboxylic acids is 1. The molecule has 26 heavy (non-hydrogen) atoms. The van der Waals surface area contributed by atoms with Gasteiger partial charge in [0.15, 0.2) is 0 Å². The van der Waals surface area contributed by atoms with Gasteiger partial charge in [-0.25, -0.2) is 13.2 Å². The minimum absolute atomic E-state index is 0.280. The van der Waals surface area contributed by atoms with Crippen molar-refractivity contribution in [2.24, 2.45) is 0 Å². The topological polar surface area (TPSA) is 29.1 Å². The predicted molar refractivity (Wildman–Crippen MR) is 96.1 cm³/mol. The highest BCUT2D eigenvalue weighted by Gasteiger charge is 2.17. The number of hydrogen-bond acceptors (Lipinski definition) is 2. The maximum Gasteiger partial charge on any atom is 0.244 e. The second-order valence-corrected chi connectivity index (χ2v) is 6.46. The van der Waals surface area contributed by atoms with Gasteiger partial charge in [0.25, 0.3) is 0 Å². The van der Waals surface area contributed by atoms with Gasteiger partial charge in [-0.05, 0) is 47.4 Å². The summed E-state index contributed by atoms with van der Waals surface area (Å²) in [5.74, 6) is -2.39. The number of nitrogens with one attached hydrogen (secondary N) is 1. The molecule has 1 heterocycles. The third-order valence-corrected chi connectivity index (χ3v) is 4.66. The molecule has 3 aromatic rings. The van der Waals surface area contributed by atoms with Gasteiger partial charge in [-0.15, -0.1) is 11.3 Å². The monoisotopic (exact) mass is 373 g/mol. The van der Waals surface area contributed by atoms with Crippen LogP contribution in [0, 0.1) is 17.5 Å². The van der Waals surface area contributed by atoms with E-state index in [-0.39, 0.29) is 11.4 Å². The van der Waals surface area contributed by atoms with Crippen LogP contribution < -0.4 is 5.32 Å². The highest BCUT2D eigenvalue weighted by molar-refractivity contribution is 7.10. The van der Waals surface area contributed by atoms with Crippen LogP contribution in [0.3, 0.4) is 0 Å². The molecule has 1 atom stereocenters. The van der Waals surface area contributed by atoms with E-state index in [4.69, 9.17) is 0 Å². The molecule has 132 valence electrons. The van der Waals surface area contributed by atoms with Crippen LogP contribution in [0.1, 0.15) is 22.0 Å². The van der Waals surface area contributed by atoms with Gasteiger partial charge >= 0.3 is 0 Å². The summed E-state index contributed by atoms with van der Waals surface area (Å²) in [6.45, 7) is 0. The average molecular weight is 373 g/mol. The Bertz CT molecular complexity index is 900. The summed E-state index contributed by atoms with van der Waals surface area (Å²) in [6, 6.07) is 12.5. The Morgan fingerprint density at radius 2 is 1.65 bits per heavy atom. The van der Waals surface area contributed by atoms with Crippen molar-refractivity contribution in [3.8, 4) is 0 Å². The van der Waals surface area contributed by atoms with Crippen molar-refractivity contribution in [3.63, 3.8) is 0 Å². The van der Waals surface area contributed by atoms with Crippen molar-refractivity contribution < 1.29 is 18.0 Å². The first-order valence-electron chi connectivity index (χ1n) is 7.76. The maximum absolute atomic E-state index is 13.6. The third kappa shape index (κ3) is 4.21. The first-order chi connectivity index (χ1) is 12.5. The standard InChI is InChI=1S/C20H14F3NOS/c21-14-8-6-13(7-9-14)20(18-5-2-12-26-18)24-19(25)11-10-15-16(22)3-1-4-17(15)23/h1-12,20H,(H,24,25)/b11-10+/t20-/m0/s1. The molecule has 1 N–H and O–H groups in total. The van der Waals surface area contributed by atoms with E-state index in [0.29, 0.717) is 5.56 Å². The van der Waals surface area contributed by atoms with Crippen LogP contribution in [-0.4, -0.2) is 5.91 Å². The summed E-state index contributed by atoms with van der Waals surface area (Å²) in [5.41, 5.74) is 0.421. The first kappa shape index (κ1) is 17.9. The molecule has 0 bridgehead atoms. The van der Waals surface area contributed by atoms with Gasteiger partial charge < -0.3 is 5.32 Å². The molecule has 0 fully saturated rings. The Kier molecular flexibility index (Phi) is 5.53. The SMILES string of the molecule is O=C(/C=C/c1c(F)cccc1F)N[C@@H](c1ccc(F)cc1)c1cccs1. The summed E-state index contributed by atoms with van der Waals surface area (Å²) < 4.78 is 40.4. The summed E-state index contributed by atoms with van der Waals surface area (Å²) in [7, 11) is 0. The molecule has 0 radical (unpaired) electrons. The number of hydrogen-bond donors (Lipinski definition) is 1. The summed E-state index contributed by atoms with van der Waals surface area (Å²) in [6.07, 6.45) is 2.17. The summed E-state index contributed by atoms with van der Waals surface area (Å²) >= 11 is 1.44. The van der Waals surface area contributed by atoms with E-state index >= 15 is 0 Å². The Morgan fingerprint density at radius 1 is 0.962 bits per heavy atom. The van der Waals surface area contributed by atoms with E-state index in [2.05, 4.69) is 5.32 Å². The zero-order valence-electron chi connectivity index (χ0n) is 13.5. The number of amides is 1. The molecular formula is C20H14F3NOS. The molecular weight excluding hydrogens is 359 g/mol. The van der Waals surface area contributed by atoms with Crippen molar-refractivity contribution in [1.82, 2.24) is 5.32 Å². The van der Waals surface area contributed by atoms with Crippen LogP contribution in [0.4, 0.5) is 13.2 Å². The Labute approximate surface area is 152 Å². The number of thiophene rings is 1. The molecule has 6 heteroatoms. The second kappa shape index (κ2) is 8.01. The fraction of sp³-hybridized carbons (Fsp3) is 0.0500. The lowest BCUT2D eigenvalue weighted by Crippen LogP contribution is -2.27. The minimum Gasteiger partial charge on any atom is -0.341 e. The van der Waals surface area contributed by atoms with Crippen molar-refractivity contribution >= 4 is 23.3 Å². The molecule has 0 aliphatic rings. The number of rotatable bonds is 5. The first-order valence-corrected chi connectivity index (χ1v) is 8.64. The quantitative estimate of drug-likeness (QED) is 0.621. The molecule has 1 amide bonds. The molecule has 0 aliphatic carbocycles. The summed E-state index contributed by atoms with van der Waals surface area (Å²) in [4.78, 5) is 13.1. The minimum atomic E-state index is -0.748. The van der Waals surface area contributed by atoms with Crippen LogP contribution in [-0.2, 0) is 4.79 Å².